The molecule has 0 saturated carbocycles. The predicted octanol–water partition coefficient (Wildman–Crippen LogP) is 4.46. The largest absolute Gasteiger partial charge is 0.508 e. The van der Waals surface area contributed by atoms with Crippen LogP contribution >= 0.6 is 0 Å². The van der Waals surface area contributed by atoms with E-state index >= 15 is 0 Å². The minimum atomic E-state index is 0.231. The first-order valence-electron chi connectivity index (χ1n) is 8.08. The highest BCUT2D eigenvalue weighted by atomic mass is 16.3. The number of hydrogen-bond donors (Lipinski definition) is 2. The van der Waals surface area contributed by atoms with Gasteiger partial charge in [0.05, 0.1) is 0 Å². The molecule has 0 amide bonds. The fourth-order valence-electron chi connectivity index (χ4n) is 2.91. The zero-order chi connectivity index (χ0) is 17.4. The van der Waals surface area contributed by atoms with E-state index in [0.717, 1.165) is 28.3 Å². The van der Waals surface area contributed by atoms with Gasteiger partial charge in [-0.05, 0) is 55.8 Å². The van der Waals surface area contributed by atoms with Gasteiger partial charge in [0.25, 0.3) is 0 Å². The second kappa shape index (κ2) is 5.94. The Labute approximate surface area is 145 Å². The van der Waals surface area contributed by atoms with Crippen LogP contribution in [0, 0.1) is 13.8 Å². The summed E-state index contributed by atoms with van der Waals surface area (Å²) in [5.74, 6) is 1.70. The van der Waals surface area contributed by atoms with Crippen molar-refractivity contribution < 1.29 is 5.11 Å². The van der Waals surface area contributed by atoms with Crippen LogP contribution in [0.4, 0.5) is 11.5 Å². The molecule has 2 aromatic heterocycles. The second-order valence-electron chi connectivity index (χ2n) is 6.09. The minimum Gasteiger partial charge on any atom is -0.508 e. The van der Waals surface area contributed by atoms with Gasteiger partial charge in [-0.3, -0.25) is 4.40 Å². The Kier molecular flexibility index (Phi) is 3.61. The van der Waals surface area contributed by atoms with Crippen molar-refractivity contribution in [1.29, 1.82) is 0 Å². The highest BCUT2D eigenvalue weighted by Gasteiger charge is 2.15. The Morgan fingerprint density at radius 2 is 1.84 bits per heavy atom. The molecule has 0 atom stereocenters. The summed E-state index contributed by atoms with van der Waals surface area (Å²) in [7, 11) is 0. The van der Waals surface area contributed by atoms with Crippen LogP contribution in [0.25, 0.3) is 17.0 Å². The van der Waals surface area contributed by atoms with Gasteiger partial charge in [-0.15, -0.1) is 0 Å². The molecule has 0 aliphatic carbocycles. The molecular weight excluding hydrogens is 312 g/mol. The van der Waals surface area contributed by atoms with E-state index in [1.54, 1.807) is 18.3 Å². The van der Waals surface area contributed by atoms with E-state index in [1.165, 1.54) is 5.56 Å². The van der Waals surface area contributed by atoms with Gasteiger partial charge in [-0.25, -0.2) is 9.97 Å². The molecule has 0 spiro atoms. The van der Waals surface area contributed by atoms with Crippen LogP contribution in [0.15, 0.2) is 60.9 Å². The highest BCUT2D eigenvalue weighted by Crippen LogP contribution is 2.32. The van der Waals surface area contributed by atoms with Crippen LogP contribution in [0.5, 0.6) is 5.75 Å². The third kappa shape index (κ3) is 2.80. The fraction of sp³-hybridized carbons (Fsp3) is 0.100. The fourth-order valence-corrected chi connectivity index (χ4v) is 2.91. The summed E-state index contributed by atoms with van der Waals surface area (Å²) in [6.45, 7) is 4.16. The number of rotatable bonds is 3. The first-order valence-corrected chi connectivity index (χ1v) is 8.08. The highest BCUT2D eigenvalue weighted by molar-refractivity contribution is 5.79. The van der Waals surface area contributed by atoms with Gasteiger partial charge in [0.2, 0.25) is 5.78 Å². The molecule has 0 fully saturated rings. The summed E-state index contributed by atoms with van der Waals surface area (Å²) < 4.78 is 1.93. The van der Waals surface area contributed by atoms with Crippen LogP contribution in [0.2, 0.25) is 0 Å². The third-order valence-electron chi connectivity index (χ3n) is 4.18. The predicted molar refractivity (Wildman–Crippen MR) is 99.3 cm³/mol. The third-order valence-corrected chi connectivity index (χ3v) is 4.18. The number of hydrogen-bond acceptors (Lipinski definition) is 4. The zero-order valence-electron chi connectivity index (χ0n) is 14.1. The van der Waals surface area contributed by atoms with Crippen LogP contribution in [0.3, 0.4) is 0 Å². The summed E-state index contributed by atoms with van der Waals surface area (Å²) in [5.41, 5.74) is 5.11. The minimum absolute atomic E-state index is 0.231. The smallest absolute Gasteiger partial charge is 0.235 e. The Bertz CT molecular complexity index is 1050. The molecule has 5 heteroatoms. The Hall–Kier alpha value is -3.34. The van der Waals surface area contributed by atoms with E-state index in [2.05, 4.69) is 47.3 Å². The maximum Gasteiger partial charge on any atom is 0.235 e. The number of aromatic hydroxyl groups is 1. The lowest BCUT2D eigenvalue weighted by atomic mass is 10.1. The number of aromatic nitrogens is 3. The van der Waals surface area contributed by atoms with Crippen LogP contribution in [-0.4, -0.2) is 19.5 Å². The molecule has 0 unspecified atom stereocenters. The molecule has 2 N–H and O–H groups in total. The molecule has 0 bridgehead atoms. The van der Waals surface area contributed by atoms with Crippen molar-refractivity contribution in [3.05, 3.63) is 72.1 Å². The molecule has 25 heavy (non-hydrogen) atoms. The van der Waals surface area contributed by atoms with E-state index in [4.69, 9.17) is 0 Å². The Morgan fingerprint density at radius 3 is 2.60 bits per heavy atom. The van der Waals surface area contributed by atoms with E-state index in [-0.39, 0.29) is 5.75 Å². The van der Waals surface area contributed by atoms with Gasteiger partial charge in [-0.2, -0.15) is 0 Å². The Morgan fingerprint density at radius 1 is 1.04 bits per heavy atom. The van der Waals surface area contributed by atoms with Crippen LogP contribution in [-0.2, 0) is 0 Å². The number of phenolic OH excluding ortho intramolecular Hbond substituents is 1. The normalized spacial score (nSPS) is 11.0. The topological polar surface area (TPSA) is 62.5 Å². The number of nitrogens with zero attached hydrogens (tertiary/aromatic N) is 3. The van der Waals surface area contributed by atoms with Crippen molar-refractivity contribution in [3.8, 4) is 17.0 Å². The van der Waals surface area contributed by atoms with Gasteiger partial charge >= 0.3 is 0 Å². The molecular formula is C20H18N4O. The quantitative estimate of drug-likeness (QED) is 0.582. The first kappa shape index (κ1) is 15.2. The van der Waals surface area contributed by atoms with Gasteiger partial charge in [0.15, 0.2) is 0 Å². The Balaban J connectivity index is 1.88. The van der Waals surface area contributed by atoms with Gasteiger partial charge < -0.3 is 10.4 Å². The van der Waals surface area contributed by atoms with Crippen LogP contribution < -0.4 is 5.32 Å². The molecule has 4 rings (SSSR count). The molecule has 124 valence electrons. The number of phenols is 1. The average Bonchev–Trinajstić information content (AvgIpc) is 2.97. The number of benzene rings is 2. The maximum absolute atomic E-state index is 9.56. The van der Waals surface area contributed by atoms with E-state index < -0.39 is 0 Å². The summed E-state index contributed by atoms with van der Waals surface area (Å²) >= 11 is 0. The summed E-state index contributed by atoms with van der Waals surface area (Å²) in [4.78, 5) is 9.01. The molecule has 4 aromatic rings. The molecule has 0 radical (unpaired) electrons. The lowest BCUT2D eigenvalue weighted by Gasteiger charge is -2.12. The van der Waals surface area contributed by atoms with E-state index in [0.29, 0.717) is 5.78 Å². The molecule has 2 heterocycles. The lowest BCUT2D eigenvalue weighted by molar-refractivity contribution is 0.475. The van der Waals surface area contributed by atoms with E-state index in [9.17, 15) is 5.11 Å². The zero-order valence-corrected chi connectivity index (χ0v) is 14.1. The number of anilines is 2. The molecule has 5 nitrogen and oxygen atoms in total. The van der Waals surface area contributed by atoms with Crippen molar-refractivity contribution in [1.82, 2.24) is 14.4 Å². The maximum atomic E-state index is 9.56. The van der Waals surface area contributed by atoms with Crippen molar-refractivity contribution in [2.45, 2.75) is 13.8 Å². The van der Waals surface area contributed by atoms with Gasteiger partial charge in [0, 0.05) is 23.6 Å². The lowest BCUT2D eigenvalue weighted by Crippen LogP contribution is -1.99. The monoisotopic (exact) mass is 330 g/mol. The number of nitrogens with one attached hydrogen (secondary N) is 1. The first-order chi connectivity index (χ1) is 12.1. The number of imidazole rings is 1. The standard InChI is InChI=1S/C20H18N4O/c1-13-4-9-17(14(2)12-13)22-19-18(15-5-7-16(25)8-6-15)23-20-21-10-3-11-24(19)20/h3-12,22,25H,1-2H3. The average molecular weight is 330 g/mol. The molecule has 0 aliphatic heterocycles. The summed E-state index contributed by atoms with van der Waals surface area (Å²) in [6, 6.07) is 15.2. The summed E-state index contributed by atoms with van der Waals surface area (Å²) in [5, 5.41) is 13.1. The van der Waals surface area contributed by atoms with Crippen molar-refractivity contribution in [2.24, 2.45) is 0 Å². The second-order valence-corrected chi connectivity index (χ2v) is 6.09. The molecule has 0 saturated heterocycles. The SMILES string of the molecule is Cc1ccc(Nc2c(-c3ccc(O)cc3)nc3ncccn23)c(C)c1. The van der Waals surface area contributed by atoms with Gasteiger partial charge in [-0.1, -0.05) is 17.7 Å². The number of aryl methyl sites for hydroxylation is 2. The molecule has 0 aliphatic rings. The van der Waals surface area contributed by atoms with Crippen LogP contribution in [0.1, 0.15) is 11.1 Å². The van der Waals surface area contributed by atoms with Crippen molar-refractivity contribution >= 4 is 17.3 Å². The molecule has 2 aromatic carbocycles. The van der Waals surface area contributed by atoms with Gasteiger partial charge in [0.1, 0.15) is 17.3 Å². The van der Waals surface area contributed by atoms with E-state index in [1.807, 2.05) is 28.8 Å². The van der Waals surface area contributed by atoms with Crippen molar-refractivity contribution in [2.75, 3.05) is 5.32 Å². The summed E-state index contributed by atoms with van der Waals surface area (Å²) in [6.07, 6.45) is 3.66. The number of fused-ring (bicyclic) bond motifs is 1. The van der Waals surface area contributed by atoms with Crippen molar-refractivity contribution in [3.63, 3.8) is 0 Å².